The highest BCUT2D eigenvalue weighted by molar-refractivity contribution is 5.75. The van der Waals surface area contributed by atoms with Crippen molar-refractivity contribution in [2.24, 2.45) is 5.73 Å². The van der Waals surface area contributed by atoms with Gasteiger partial charge in [0, 0.05) is 23.8 Å². The molecule has 12 heavy (non-hydrogen) atoms. The van der Waals surface area contributed by atoms with Crippen LogP contribution in [0.15, 0.2) is 24.5 Å². The molecule has 2 rings (SSSR count). The van der Waals surface area contributed by atoms with E-state index in [1.165, 1.54) is 0 Å². The van der Waals surface area contributed by atoms with Gasteiger partial charge < -0.3 is 10.7 Å². The number of pyridine rings is 1. The lowest BCUT2D eigenvalue weighted by molar-refractivity contribution is 0.814. The minimum absolute atomic E-state index is 0.0526. The monoisotopic (exact) mass is 161 g/mol. The second-order valence-corrected chi connectivity index (χ2v) is 2.97. The zero-order valence-electron chi connectivity index (χ0n) is 6.91. The van der Waals surface area contributed by atoms with Crippen LogP contribution in [-0.4, -0.2) is 9.97 Å². The predicted molar refractivity (Wildman–Crippen MR) is 48.7 cm³/mol. The number of rotatable bonds is 1. The average molecular weight is 161 g/mol. The first-order valence-corrected chi connectivity index (χ1v) is 3.96. The van der Waals surface area contributed by atoms with Crippen LogP contribution in [0.1, 0.15) is 18.5 Å². The van der Waals surface area contributed by atoms with Gasteiger partial charge in [-0.25, -0.2) is 4.98 Å². The molecule has 2 aromatic heterocycles. The Bertz CT molecular complexity index is 389. The molecule has 3 N–H and O–H groups in total. The second kappa shape index (κ2) is 2.60. The fourth-order valence-corrected chi connectivity index (χ4v) is 1.21. The lowest BCUT2D eigenvalue weighted by atomic mass is 10.1. The third-order valence-electron chi connectivity index (χ3n) is 1.95. The SMILES string of the molecule is C[C@@H](N)c1cnc2[nH]ccc2c1. The number of H-pyrrole nitrogens is 1. The number of fused-ring (bicyclic) bond motifs is 1. The van der Waals surface area contributed by atoms with Crippen LogP contribution < -0.4 is 5.73 Å². The number of nitrogens with zero attached hydrogens (tertiary/aromatic N) is 1. The summed E-state index contributed by atoms with van der Waals surface area (Å²) in [5, 5.41) is 1.12. The molecule has 1 atom stereocenters. The Morgan fingerprint density at radius 1 is 1.58 bits per heavy atom. The summed E-state index contributed by atoms with van der Waals surface area (Å²) >= 11 is 0. The molecular formula is C9H11N3. The smallest absolute Gasteiger partial charge is 0.137 e. The lowest BCUT2D eigenvalue weighted by Gasteiger charge is -2.03. The molecule has 0 aliphatic rings. The maximum Gasteiger partial charge on any atom is 0.137 e. The molecular weight excluding hydrogens is 150 g/mol. The van der Waals surface area contributed by atoms with Crippen molar-refractivity contribution in [1.82, 2.24) is 9.97 Å². The molecule has 0 saturated heterocycles. The Balaban J connectivity index is 2.60. The van der Waals surface area contributed by atoms with Gasteiger partial charge in [0.1, 0.15) is 5.65 Å². The maximum atomic E-state index is 5.72. The summed E-state index contributed by atoms with van der Waals surface area (Å²) in [6, 6.07) is 4.11. The van der Waals surface area contributed by atoms with Gasteiger partial charge in [-0.15, -0.1) is 0 Å². The van der Waals surface area contributed by atoms with Crippen LogP contribution >= 0.6 is 0 Å². The fourth-order valence-electron chi connectivity index (χ4n) is 1.21. The summed E-state index contributed by atoms with van der Waals surface area (Å²) in [7, 11) is 0. The van der Waals surface area contributed by atoms with E-state index in [1.54, 1.807) is 0 Å². The fraction of sp³-hybridized carbons (Fsp3) is 0.222. The van der Waals surface area contributed by atoms with E-state index in [0.29, 0.717) is 0 Å². The molecule has 2 heterocycles. The summed E-state index contributed by atoms with van der Waals surface area (Å²) < 4.78 is 0. The summed E-state index contributed by atoms with van der Waals surface area (Å²) in [5.41, 5.74) is 7.71. The summed E-state index contributed by atoms with van der Waals surface area (Å²) in [5.74, 6) is 0. The topological polar surface area (TPSA) is 54.7 Å². The van der Waals surface area contributed by atoms with E-state index in [9.17, 15) is 0 Å². The molecule has 2 aromatic rings. The van der Waals surface area contributed by atoms with Gasteiger partial charge >= 0.3 is 0 Å². The van der Waals surface area contributed by atoms with E-state index in [4.69, 9.17) is 5.73 Å². The lowest BCUT2D eigenvalue weighted by Crippen LogP contribution is -2.04. The molecule has 0 aromatic carbocycles. The van der Waals surface area contributed by atoms with E-state index in [1.807, 2.05) is 25.4 Å². The highest BCUT2D eigenvalue weighted by Crippen LogP contribution is 2.14. The molecule has 3 nitrogen and oxygen atoms in total. The van der Waals surface area contributed by atoms with Crippen molar-refractivity contribution in [3.63, 3.8) is 0 Å². The van der Waals surface area contributed by atoms with Gasteiger partial charge in [-0.2, -0.15) is 0 Å². The number of aromatic amines is 1. The molecule has 0 aliphatic heterocycles. The number of hydrogen-bond acceptors (Lipinski definition) is 2. The molecule has 3 heteroatoms. The van der Waals surface area contributed by atoms with Crippen molar-refractivity contribution in [1.29, 1.82) is 0 Å². The van der Waals surface area contributed by atoms with Crippen LogP contribution in [0.2, 0.25) is 0 Å². The molecule has 0 fully saturated rings. The zero-order chi connectivity index (χ0) is 8.55. The molecule has 62 valence electrons. The first kappa shape index (κ1) is 7.31. The molecule has 0 amide bonds. The van der Waals surface area contributed by atoms with Crippen LogP contribution in [0.4, 0.5) is 0 Å². The largest absolute Gasteiger partial charge is 0.346 e. The number of aromatic nitrogens is 2. The Morgan fingerprint density at radius 3 is 3.17 bits per heavy atom. The molecule has 0 unspecified atom stereocenters. The molecule has 0 saturated carbocycles. The molecule has 0 radical (unpaired) electrons. The van der Waals surface area contributed by atoms with Crippen LogP contribution in [0.3, 0.4) is 0 Å². The number of nitrogens with one attached hydrogen (secondary N) is 1. The maximum absolute atomic E-state index is 5.72. The Hall–Kier alpha value is -1.35. The van der Waals surface area contributed by atoms with Crippen molar-refractivity contribution in [3.8, 4) is 0 Å². The van der Waals surface area contributed by atoms with Crippen molar-refractivity contribution >= 4 is 11.0 Å². The average Bonchev–Trinajstić information content (AvgIpc) is 2.49. The first-order chi connectivity index (χ1) is 5.77. The third-order valence-corrected chi connectivity index (χ3v) is 1.95. The normalized spacial score (nSPS) is 13.5. The molecule has 0 bridgehead atoms. The van der Waals surface area contributed by atoms with Gasteiger partial charge in [0.05, 0.1) is 0 Å². The van der Waals surface area contributed by atoms with Gasteiger partial charge in [-0.1, -0.05) is 0 Å². The Morgan fingerprint density at radius 2 is 2.42 bits per heavy atom. The summed E-state index contributed by atoms with van der Waals surface area (Å²) in [6.45, 7) is 1.95. The second-order valence-electron chi connectivity index (χ2n) is 2.97. The van der Waals surface area contributed by atoms with Gasteiger partial charge in [0.25, 0.3) is 0 Å². The van der Waals surface area contributed by atoms with Crippen molar-refractivity contribution in [2.75, 3.05) is 0 Å². The number of nitrogens with two attached hydrogens (primary N) is 1. The van der Waals surface area contributed by atoms with Crippen molar-refractivity contribution in [3.05, 3.63) is 30.1 Å². The Kier molecular flexibility index (Phi) is 1.59. The minimum Gasteiger partial charge on any atom is -0.346 e. The van der Waals surface area contributed by atoms with Crippen LogP contribution in [-0.2, 0) is 0 Å². The molecule has 0 spiro atoms. The Labute approximate surface area is 70.6 Å². The standard InChI is InChI=1S/C9H11N3/c1-6(10)8-4-7-2-3-11-9(7)12-5-8/h2-6H,10H2,1H3,(H,11,12)/t6-/m1/s1. The zero-order valence-corrected chi connectivity index (χ0v) is 6.91. The quantitative estimate of drug-likeness (QED) is 0.667. The van der Waals surface area contributed by atoms with E-state index >= 15 is 0 Å². The van der Waals surface area contributed by atoms with E-state index in [0.717, 1.165) is 16.6 Å². The third kappa shape index (κ3) is 1.08. The highest BCUT2D eigenvalue weighted by Gasteiger charge is 2.01. The van der Waals surface area contributed by atoms with Gasteiger partial charge in [-0.3, -0.25) is 0 Å². The minimum atomic E-state index is 0.0526. The van der Waals surface area contributed by atoms with Crippen LogP contribution in [0, 0.1) is 0 Å². The van der Waals surface area contributed by atoms with Crippen molar-refractivity contribution < 1.29 is 0 Å². The van der Waals surface area contributed by atoms with Crippen molar-refractivity contribution in [2.45, 2.75) is 13.0 Å². The van der Waals surface area contributed by atoms with Gasteiger partial charge in [-0.05, 0) is 24.6 Å². The van der Waals surface area contributed by atoms with E-state index < -0.39 is 0 Å². The number of hydrogen-bond donors (Lipinski definition) is 2. The van der Waals surface area contributed by atoms with E-state index in [-0.39, 0.29) is 6.04 Å². The highest BCUT2D eigenvalue weighted by atomic mass is 14.8. The van der Waals surface area contributed by atoms with Gasteiger partial charge in [0.15, 0.2) is 0 Å². The first-order valence-electron chi connectivity index (χ1n) is 3.96. The predicted octanol–water partition coefficient (Wildman–Crippen LogP) is 1.58. The summed E-state index contributed by atoms with van der Waals surface area (Å²) in [6.07, 6.45) is 3.69. The van der Waals surface area contributed by atoms with E-state index in [2.05, 4.69) is 16.0 Å². The van der Waals surface area contributed by atoms with Crippen LogP contribution in [0.5, 0.6) is 0 Å². The molecule has 0 aliphatic carbocycles. The van der Waals surface area contributed by atoms with Crippen LogP contribution in [0.25, 0.3) is 11.0 Å². The summed E-state index contributed by atoms with van der Waals surface area (Å²) in [4.78, 5) is 7.26. The van der Waals surface area contributed by atoms with Gasteiger partial charge in [0.2, 0.25) is 0 Å².